The van der Waals surface area contributed by atoms with Gasteiger partial charge in [0.25, 0.3) is 0 Å². The van der Waals surface area contributed by atoms with Crippen LogP contribution in [-0.2, 0) is 16.0 Å². The molecule has 0 saturated carbocycles. The van der Waals surface area contributed by atoms with E-state index in [4.69, 9.17) is 4.74 Å². The summed E-state index contributed by atoms with van der Waals surface area (Å²) >= 11 is 0. The van der Waals surface area contributed by atoms with Gasteiger partial charge in [0.15, 0.2) is 0 Å². The van der Waals surface area contributed by atoms with Crippen LogP contribution in [0.4, 0.5) is 0 Å². The molecule has 2 aromatic carbocycles. The van der Waals surface area contributed by atoms with Gasteiger partial charge in [-0.1, -0.05) is 66.2 Å². The van der Waals surface area contributed by atoms with Crippen LogP contribution in [0.3, 0.4) is 0 Å². The smallest absolute Gasteiger partial charge is 0.243 e. The number of aryl methyl sites for hydroxylation is 1. The van der Waals surface area contributed by atoms with E-state index in [9.17, 15) is 4.79 Å². The molecular weight excluding hydrogens is 334 g/mol. The second-order valence-corrected chi connectivity index (χ2v) is 7.33. The Balaban J connectivity index is 1.49. The molecule has 3 rings (SSSR count). The minimum atomic E-state index is -0.00190. The first kappa shape index (κ1) is 19.4. The van der Waals surface area contributed by atoms with E-state index in [0.717, 1.165) is 37.9 Å². The van der Waals surface area contributed by atoms with Crippen LogP contribution in [0.25, 0.3) is 0 Å². The number of allylic oxidation sites excluding steroid dienone is 1. The average Bonchev–Trinajstić information content (AvgIpc) is 2.72. The lowest BCUT2D eigenvalue weighted by atomic mass is 9.89. The number of carbonyl (C=O) groups is 1. The van der Waals surface area contributed by atoms with E-state index in [2.05, 4.69) is 41.7 Å². The SMILES string of the molecule is C/C(=C/C(=O)NCC1CCCOC1c1ccccc1)CCc1ccccc1. The molecule has 27 heavy (non-hydrogen) atoms. The van der Waals surface area contributed by atoms with Crippen LogP contribution in [0.1, 0.15) is 43.4 Å². The molecule has 1 amide bonds. The van der Waals surface area contributed by atoms with Gasteiger partial charge >= 0.3 is 0 Å². The van der Waals surface area contributed by atoms with Crippen molar-refractivity contribution in [3.05, 3.63) is 83.4 Å². The Kier molecular flexibility index (Phi) is 7.23. The van der Waals surface area contributed by atoms with Gasteiger partial charge in [0.2, 0.25) is 5.91 Å². The Bertz CT molecular complexity index is 739. The maximum absolute atomic E-state index is 12.3. The summed E-state index contributed by atoms with van der Waals surface area (Å²) in [5, 5.41) is 3.09. The molecule has 0 aliphatic carbocycles. The van der Waals surface area contributed by atoms with Gasteiger partial charge in [-0.15, -0.1) is 0 Å². The lowest BCUT2D eigenvalue weighted by molar-refractivity contribution is -0.117. The van der Waals surface area contributed by atoms with E-state index < -0.39 is 0 Å². The largest absolute Gasteiger partial charge is 0.373 e. The van der Waals surface area contributed by atoms with Gasteiger partial charge < -0.3 is 10.1 Å². The van der Waals surface area contributed by atoms with Crippen LogP contribution in [0.15, 0.2) is 72.3 Å². The summed E-state index contributed by atoms with van der Waals surface area (Å²) in [7, 11) is 0. The lowest BCUT2D eigenvalue weighted by Gasteiger charge is -2.32. The van der Waals surface area contributed by atoms with E-state index in [-0.39, 0.29) is 12.0 Å². The summed E-state index contributed by atoms with van der Waals surface area (Å²) in [6.07, 6.45) is 5.80. The van der Waals surface area contributed by atoms with E-state index in [1.54, 1.807) is 6.08 Å². The minimum Gasteiger partial charge on any atom is -0.373 e. The first-order valence-electron chi connectivity index (χ1n) is 9.88. The molecule has 1 heterocycles. The number of nitrogens with one attached hydrogen (secondary N) is 1. The van der Waals surface area contributed by atoms with Crippen molar-refractivity contribution >= 4 is 5.91 Å². The van der Waals surface area contributed by atoms with Gasteiger partial charge in [-0.3, -0.25) is 4.79 Å². The van der Waals surface area contributed by atoms with Crippen LogP contribution in [0.2, 0.25) is 0 Å². The Hall–Kier alpha value is -2.39. The quantitative estimate of drug-likeness (QED) is 0.714. The highest BCUT2D eigenvalue weighted by atomic mass is 16.5. The Morgan fingerprint density at radius 1 is 1.11 bits per heavy atom. The van der Waals surface area contributed by atoms with Crippen molar-refractivity contribution in [1.82, 2.24) is 5.32 Å². The van der Waals surface area contributed by atoms with Crippen molar-refractivity contribution < 1.29 is 9.53 Å². The van der Waals surface area contributed by atoms with Crippen LogP contribution < -0.4 is 5.32 Å². The zero-order chi connectivity index (χ0) is 18.9. The second kappa shape index (κ2) is 10.1. The summed E-state index contributed by atoms with van der Waals surface area (Å²) in [5.41, 5.74) is 3.61. The van der Waals surface area contributed by atoms with E-state index in [1.165, 1.54) is 11.1 Å². The molecule has 1 fully saturated rings. The summed E-state index contributed by atoms with van der Waals surface area (Å²) in [6.45, 7) is 3.47. The van der Waals surface area contributed by atoms with Crippen molar-refractivity contribution in [2.24, 2.45) is 5.92 Å². The minimum absolute atomic E-state index is 0.00190. The summed E-state index contributed by atoms with van der Waals surface area (Å²) in [5.74, 6) is 0.320. The lowest BCUT2D eigenvalue weighted by Crippen LogP contribution is -2.34. The fourth-order valence-corrected chi connectivity index (χ4v) is 3.63. The molecule has 1 saturated heterocycles. The van der Waals surface area contributed by atoms with E-state index in [1.807, 2.05) is 31.2 Å². The number of amides is 1. The van der Waals surface area contributed by atoms with Crippen molar-refractivity contribution in [3.63, 3.8) is 0 Å². The topological polar surface area (TPSA) is 38.3 Å². The van der Waals surface area contributed by atoms with E-state index in [0.29, 0.717) is 12.5 Å². The third-order valence-electron chi connectivity index (χ3n) is 5.14. The maximum Gasteiger partial charge on any atom is 0.243 e. The summed E-state index contributed by atoms with van der Waals surface area (Å²) < 4.78 is 6.01. The molecule has 2 aromatic rings. The molecule has 1 aliphatic rings. The highest BCUT2D eigenvalue weighted by Gasteiger charge is 2.27. The van der Waals surface area contributed by atoms with E-state index >= 15 is 0 Å². The predicted octanol–water partition coefficient (Wildman–Crippen LogP) is 4.85. The fourth-order valence-electron chi connectivity index (χ4n) is 3.63. The molecule has 1 N–H and O–H groups in total. The van der Waals surface area contributed by atoms with Crippen molar-refractivity contribution in [2.45, 2.75) is 38.7 Å². The van der Waals surface area contributed by atoms with Gasteiger partial charge in [0, 0.05) is 25.1 Å². The number of hydrogen-bond acceptors (Lipinski definition) is 2. The van der Waals surface area contributed by atoms with Gasteiger partial charge in [-0.25, -0.2) is 0 Å². The Morgan fingerprint density at radius 3 is 2.56 bits per heavy atom. The van der Waals surface area contributed by atoms with Crippen molar-refractivity contribution in [1.29, 1.82) is 0 Å². The normalized spacial score (nSPS) is 20.3. The molecular formula is C24H29NO2. The number of benzene rings is 2. The standard InChI is InChI=1S/C24H29NO2/c1-19(14-15-20-9-4-2-5-10-20)17-23(26)25-18-22-13-8-16-27-24(22)21-11-6-3-7-12-21/h2-7,9-12,17,22,24H,8,13-16,18H2,1H3,(H,25,26)/b19-17-. The molecule has 3 nitrogen and oxygen atoms in total. The monoisotopic (exact) mass is 363 g/mol. The third-order valence-corrected chi connectivity index (χ3v) is 5.14. The Morgan fingerprint density at radius 2 is 1.81 bits per heavy atom. The highest BCUT2D eigenvalue weighted by Crippen LogP contribution is 2.33. The number of ether oxygens (including phenoxy) is 1. The molecule has 2 unspecified atom stereocenters. The average molecular weight is 364 g/mol. The fraction of sp³-hybridized carbons (Fsp3) is 0.375. The summed E-state index contributed by atoms with van der Waals surface area (Å²) in [4.78, 5) is 12.3. The van der Waals surface area contributed by atoms with Crippen LogP contribution in [0.5, 0.6) is 0 Å². The highest BCUT2D eigenvalue weighted by molar-refractivity contribution is 5.88. The molecule has 3 heteroatoms. The predicted molar refractivity (Wildman–Crippen MR) is 109 cm³/mol. The molecule has 0 radical (unpaired) electrons. The zero-order valence-electron chi connectivity index (χ0n) is 16.1. The number of rotatable bonds is 7. The van der Waals surface area contributed by atoms with Crippen molar-refractivity contribution in [3.8, 4) is 0 Å². The van der Waals surface area contributed by atoms with Gasteiger partial charge in [-0.05, 0) is 43.7 Å². The van der Waals surface area contributed by atoms with Gasteiger partial charge in [-0.2, -0.15) is 0 Å². The molecule has 142 valence electrons. The zero-order valence-corrected chi connectivity index (χ0v) is 16.1. The molecule has 2 atom stereocenters. The maximum atomic E-state index is 12.3. The molecule has 0 bridgehead atoms. The number of hydrogen-bond donors (Lipinski definition) is 1. The summed E-state index contributed by atoms with van der Waals surface area (Å²) in [6, 6.07) is 20.7. The second-order valence-electron chi connectivity index (χ2n) is 7.33. The van der Waals surface area contributed by atoms with Gasteiger partial charge in [0.1, 0.15) is 0 Å². The van der Waals surface area contributed by atoms with Gasteiger partial charge in [0.05, 0.1) is 6.10 Å². The molecule has 0 spiro atoms. The number of carbonyl (C=O) groups excluding carboxylic acids is 1. The molecule has 1 aliphatic heterocycles. The first-order valence-corrected chi connectivity index (χ1v) is 9.88. The Labute approximate surface area is 162 Å². The van der Waals surface area contributed by atoms with Crippen LogP contribution in [-0.4, -0.2) is 19.1 Å². The van der Waals surface area contributed by atoms with Crippen LogP contribution in [0, 0.1) is 5.92 Å². The van der Waals surface area contributed by atoms with Crippen molar-refractivity contribution in [2.75, 3.05) is 13.2 Å². The third kappa shape index (κ3) is 6.07. The first-order chi connectivity index (χ1) is 13.2. The van der Waals surface area contributed by atoms with Crippen LogP contribution >= 0.6 is 0 Å². The molecule has 0 aromatic heterocycles.